The number of fused-ring (bicyclic) bond motifs is 3. The van der Waals surface area contributed by atoms with Gasteiger partial charge in [0.15, 0.2) is 5.78 Å². The molecular formula is C49H60IrNO2S2-. The first-order chi connectivity index (χ1) is 25.5. The summed E-state index contributed by atoms with van der Waals surface area (Å²) in [7, 11) is 0. The number of aryl methyl sites for hydroxylation is 1. The Morgan fingerprint density at radius 1 is 0.891 bits per heavy atom. The van der Waals surface area contributed by atoms with E-state index in [9.17, 15) is 9.90 Å². The van der Waals surface area contributed by atoms with Crippen molar-refractivity contribution in [3.8, 4) is 22.4 Å². The van der Waals surface area contributed by atoms with Gasteiger partial charge in [0.25, 0.3) is 0 Å². The average Bonchev–Trinajstić information content (AvgIpc) is 3.74. The molecule has 0 saturated heterocycles. The molecule has 3 heterocycles. The number of benzene rings is 3. The zero-order valence-electron chi connectivity index (χ0n) is 35.0. The molecule has 0 fully saturated rings. The fourth-order valence-electron chi connectivity index (χ4n) is 7.00. The van der Waals surface area contributed by atoms with E-state index in [0.717, 1.165) is 53.6 Å². The second-order valence-electron chi connectivity index (χ2n) is 17.0. The van der Waals surface area contributed by atoms with Crippen LogP contribution in [0.1, 0.15) is 118 Å². The molecule has 0 saturated carbocycles. The predicted molar refractivity (Wildman–Crippen MR) is 237 cm³/mol. The molecule has 6 rings (SSSR count). The van der Waals surface area contributed by atoms with E-state index >= 15 is 0 Å². The van der Waals surface area contributed by atoms with Gasteiger partial charge in [0.2, 0.25) is 0 Å². The first-order valence-corrected chi connectivity index (χ1v) is 21.5. The summed E-state index contributed by atoms with van der Waals surface area (Å²) in [5.74, 6) is 0.952. The van der Waals surface area contributed by atoms with Gasteiger partial charge in [-0.15, -0.1) is 51.8 Å². The number of ketones is 1. The molecule has 0 amide bonds. The van der Waals surface area contributed by atoms with Gasteiger partial charge in [-0.3, -0.25) is 9.78 Å². The summed E-state index contributed by atoms with van der Waals surface area (Å²) >= 11 is 3.66. The molecule has 3 nitrogen and oxygen atoms in total. The number of carbonyl (C=O) groups excluding carboxylic acids is 1. The Labute approximate surface area is 352 Å². The van der Waals surface area contributed by atoms with Crippen LogP contribution in [0.25, 0.3) is 53.5 Å². The number of hydrogen-bond donors (Lipinski definition) is 1. The van der Waals surface area contributed by atoms with Crippen LogP contribution in [0.5, 0.6) is 0 Å². The number of carbonyl (C=O) groups is 1. The maximum atomic E-state index is 12.2. The maximum absolute atomic E-state index is 12.2. The van der Waals surface area contributed by atoms with Gasteiger partial charge in [-0.1, -0.05) is 117 Å². The minimum absolute atomic E-state index is 0. The quantitative estimate of drug-likeness (QED) is 0.0800. The zero-order chi connectivity index (χ0) is 39.6. The molecule has 0 atom stereocenters. The summed E-state index contributed by atoms with van der Waals surface area (Å²) < 4.78 is 1.37. The largest absolute Gasteiger partial charge is 0.512 e. The van der Waals surface area contributed by atoms with Crippen LogP contribution in [-0.4, -0.2) is 15.9 Å². The van der Waals surface area contributed by atoms with Gasteiger partial charge in [-0.2, -0.15) is 0 Å². The molecule has 0 aliphatic rings. The Hall–Kier alpha value is -3.15. The Morgan fingerprint density at radius 3 is 2.16 bits per heavy atom. The van der Waals surface area contributed by atoms with Crippen LogP contribution in [0, 0.1) is 29.7 Å². The minimum Gasteiger partial charge on any atom is -0.512 e. The van der Waals surface area contributed by atoms with Crippen LogP contribution in [-0.2, 0) is 36.7 Å². The molecule has 0 spiro atoms. The first kappa shape index (κ1) is 44.6. The normalized spacial score (nSPS) is 12.6. The Morgan fingerprint density at radius 2 is 1.55 bits per heavy atom. The van der Waals surface area contributed by atoms with Gasteiger partial charge in [0.1, 0.15) is 10.6 Å². The van der Waals surface area contributed by atoms with Crippen molar-refractivity contribution in [2.45, 2.75) is 121 Å². The standard InChI is InChI=1S/C34H32NS2.C15H28O2.Ir/c1-20(2)13-26-16-25-15-23(11-12-31(25)37-26)28-18-30(35-33-32(28)21(3)19-36-33)24-14-22-9-7-8-10-27(22)29(17-24)34(4,5)6;1-7-14(5,8-2)12(16)11-13(17)15(6,9-3)10-4;/h7-12,15-20H,13H2,1-6H3;11,16H,7-10H2,1-6H3;/q-1;;/b;12-11-;. The Balaban J connectivity index is 0.000000320. The molecule has 0 aliphatic carbocycles. The summed E-state index contributed by atoms with van der Waals surface area (Å²) in [6.07, 6.45) is 5.89. The van der Waals surface area contributed by atoms with Gasteiger partial charge in [0, 0.05) is 57.7 Å². The first-order valence-electron chi connectivity index (χ1n) is 19.8. The van der Waals surface area contributed by atoms with Crippen LogP contribution in [0.2, 0.25) is 0 Å². The van der Waals surface area contributed by atoms with Crippen LogP contribution < -0.4 is 0 Å². The summed E-state index contributed by atoms with van der Waals surface area (Å²) in [5.41, 5.74) is 6.62. The fraction of sp³-hybridized carbons (Fsp3) is 0.429. The monoisotopic (exact) mass is 951 g/mol. The van der Waals surface area contributed by atoms with E-state index in [-0.39, 0.29) is 47.9 Å². The van der Waals surface area contributed by atoms with Gasteiger partial charge in [0.05, 0.1) is 0 Å². The molecule has 3 aromatic heterocycles. The van der Waals surface area contributed by atoms with Crippen molar-refractivity contribution >= 4 is 59.5 Å². The number of aliphatic hydroxyl groups is 1. The second-order valence-corrected chi connectivity index (χ2v) is 19.1. The third kappa shape index (κ3) is 9.70. The molecule has 6 heteroatoms. The van der Waals surface area contributed by atoms with Crippen molar-refractivity contribution in [1.82, 2.24) is 4.98 Å². The van der Waals surface area contributed by atoms with E-state index < -0.39 is 0 Å². The molecule has 6 aromatic rings. The van der Waals surface area contributed by atoms with Gasteiger partial charge >= 0.3 is 0 Å². The van der Waals surface area contributed by atoms with E-state index in [1.54, 1.807) is 11.3 Å². The second kappa shape index (κ2) is 18.0. The van der Waals surface area contributed by atoms with Gasteiger partial charge in [-0.05, 0) is 96.0 Å². The molecule has 55 heavy (non-hydrogen) atoms. The van der Waals surface area contributed by atoms with Crippen LogP contribution in [0.3, 0.4) is 0 Å². The third-order valence-corrected chi connectivity index (χ3v) is 13.8. The van der Waals surface area contributed by atoms with Crippen molar-refractivity contribution in [3.63, 3.8) is 0 Å². The number of allylic oxidation sites excluding steroid dienone is 2. The molecule has 1 radical (unpaired) electrons. The predicted octanol–water partition coefficient (Wildman–Crippen LogP) is 15.3. The number of aliphatic hydroxyl groups excluding tert-OH is 1. The van der Waals surface area contributed by atoms with Crippen molar-refractivity contribution in [2.75, 3.05) is 0 Å². The Bertz CT molecular complexity index is 2290. The minimum atomic E-state index is -0.337. The van der Waals surface area contributed by atoms with Crippen molar-refractivity contribution in [1.29, 1.82) is 0 Å². The molecule has 1 N–H and O–H groups in total. The summed E-state index contributed by atoms with van der Waals surface area (Å²) in [6, 6.07) is 26.2. The number of thiophene rings is 2. The van der Waals surface area contributed by atoms with Crippen molar-refractivity contribution in [3.05, 3.63) is 99.9 Å². The SMILES string of the molecule is CCC(C)(CC)C(=O)/C=C(\O)C(C)(CC)CC.Cc1csc2nc(-c3[c-]c4ccccc4c(C(C)(C)C)c3)cc(-c3ccc4sc(CC(C)C)cc4c3)c12.[Ir]. The van der Waals surface area contributed by atoms with Crippen LogP contribution in [0.15, 0.2) is 77.9 Å². The Kier molecular flexibility index (Phi) is 14.6. The van der Waals surface area contributed by atoms with E-state index in [1.807, 2.05) is 52.9 Å². The van der Waals surface area contributed by atoms with E-state index in [4.69, 9.17) is 4.98 Å². The van der Waals surface area contributed by atoms with Crippen LogP contribution >= 0.6 is 22.7 Å². The molecule has 295 valence electrons. The molecule has 3 aromatic carbocycles. The van der Waals surface area contributed by atoms with Gasteiger partial charge < -0.3 is 5.11 Å². The third-order valence-electron chi connectivity index (χ3n) is 11.7. The van der Waals surface area contributed by atoms with E-state index in [2.05, 4.69) is 114 Å². The molecule has 0 bridgehead atoms. The number of aromatic nitrogens is 1. The van der Waals surface area contributed by atoms with Crippen molar-refractivity contribution in [2.24, 2.45) is 16.7 Å². The molecular weight excluding hydrogens is 891 g/mol. The zero-order valence-corrected chi connectivity index (χ0v) is 39.0. The number of nitrogens with zero attached hydrogens (tertiary/aromatic N) is 1. The average molecular weight is 951 g/mol. The smallest absolute Gasteiger partial charge is 0.164 e. The van der Waals surface area contributed by atoms with E-state index in [1.165, 1.54) is 54.1 Å². The van der Waals surface area contributed by atoms with Gasteiger partial charge in [-0.25, -0.2) is 0 Å². The van der Waals surface area contributed by atoms with E-state index in [0.29, 0.717) is 5.92 Å². The molecule has 0 unspecified atom stereocenters. The summed E-state index contributed by atoms with van der Waals surface area (Å²) in [5, 5.41) is 17.4. The number of pyridine rings is 1. The summed E-state index contributed by atoms with van der Waals surface area (Å²) in [4.78, 5) is 19.9. The maximum Gasteiger partial charge on any atom is 0.164 e. The van der Waals surface area contributed by atoms with Crippen molar-refractivity contribution < 1.29 is 30.0 Å². The number of hydrogen-bond acceptors (Lipinski definition) is 5. The topological polar surface area (TPSA) is 50.2 Å². The fourth-order valence-corrected chi connectivity index (χ4v) is 9.20. The summed E-state index contributed by atoms with van der Waals surface area (Å²) in [6.45, 7) is 25.7. The van der Waals surface area contributed by atoms with Crippen LogP contribution in [0.4, 0.5) is 0 Å². The number of rotatable bonds is 11. The molecule has 0 aliphatic heterocycles.